The molecule has 1 aliphatic heterocycles. The van der Waals surface area contributed by atoms with Gasteiger partial charge in [-0.05, 0) is 24.8 Å². The van der Waals surface area contributed by atoms with Gasteiger partial charge in [0.25, 0.3) is 11.7 Å². The number of carbonyl (C=O) groups is 1. The Balaban J connectivity index is 1.87. The first-order valence-electron chi connectivity index (χ1n) is 6.21. The van der Waals surface area contributed by atoms with Crippen LogP contribution in [-0.4, -0.2) is 43.5 Å². The molecular weight excluding hydrogens is 230 g/mol. The number of piperidine rings is 1. The van der Waals surface area contributed by atoms with E-state index in [-0.39, 0.29) is 11.7 Å². The highest BCUT2D eigenvalue weighted by atomic mass is 16.2. The first-order chi connectivity index (χ1) is 8.74. The summed E-state index contributed by atoms with van der Waals surface area (Å²) in [5, 5.41) is 4.16. The molecule has 0 bridgehead atoms. The summed E-state index contributed by atoms with van der Waals surface area (Å²) in [6, 6.07) is 1.76. The van der Waals surface area contributed by atoms with Gasteiger partial charge in [-0.1, -0.05) is 6.92 Å². The molecule has 3 heterocycles. The van der Waals surface area contributed by atoms with Crippen molar-refractivity contribution >= 4 is 11.7 Å². The van der Waals surface area contributed by atoms with Crippen molar-refractivity contribution in [3.05, 3.63) is 24.3 Å². The van der Waals surface area contributed by atoms with Crippen molar-refractivity contribution in [2.45, 2.75) is 19.8 Å². The molecule has 6 nitrogen and oxygen atoms in total. The highest BCUT2D eigenvalue weighted by molar-refractivity contribution is 5.90. The van der Waals surface area contributed by atoms with Crippen molar-refractivity contribution in [2.24, 2.45) is 5.92 Å². The third-order valence-electron chi connectivity index (χ3n) is 3.25. The van der Waals surface area contributed by atoms with Gasteiger partial charge < -0.3 is 4.90 Å². The van der Waals surface area contributed by atoms with E-state index >= 15 is 0 Å². The van der Waals surface area contributed by atoms with Gasteiger partial charge in [-0.25, -0.2) is 9.50 Å². The average molecular weight is 245 g/mol. The molecule has 1 atom stereocenters. The maximum absolute atomic E-state index is 12.3. The number of carbonyl (C=O) groups excluding carboxylic acids is 1. The number of amides is 1. The maximum atomic E-state index is 12.3. The van der Waals surface area contributed by atoms with Gasteiger partial charge in [-0.15, -0.1) is 5.10 Å². The van der Waals surface area contributed by atoms with Gasteiger partial charge in [-0.2, -0.15) is 4.98 Å². The second kappa shape index (κ2) is 4.36. The van der Waals surface area contributed by atoms with Gasteiger partial charge in [-0.3, -0.25) is 4.79 Å². The Morgan fingerprint density at radius 3 is 3.17 bits per heavy atom. The first-order valence-corrected chi connectivity index (χ1v) is 6.21. The highest BCUT2D eigenvalue weighted by Crippen LogP contribution is 2.16. The molecule has 0 radical (unpaired) electrons. The van der Waals surface area contributed by atoms with Crippen molar-refractivity contribution in [1.82, 2.24) is 24.5 Å². The monoisotopic (exact) mass is 245 g/mol. The van der Waals surface area contributed by atoms with Crippen molar-refractivity contribution in [3.8, 4) is 0 Å². The van der Waals surface area contributed by atoms with E-state index in [2.05, 4.69) is 22.0 Å². The molecule has 3 rings (SSSR count). The molecular formula is C12H15N5O. The minimum atomic E-state index is -0.0907. The van der Waals surface area contributed by atoms with Crippen LogP contribution in [0.4, 0.5) is 0 Å². The Morgan fingerprint density at radius 1 is 1.50 bits per heavy atom. The lowest BCUT2D eigenvalue weighted by molar-refractivity contribution is 0.0671. The fourth-order valence-electron chi connectivity index (χ4n) is 2.34. The quantitative estimate of drug-likeness (QED) is 0.751. The molecule has 1 amide bonds. The molecule has 2 aromatic rings. The van der Waals surface area contributed by atoms with Crippen molar-refractivity contribution in [1.29, 1.82) is 0 Å². The van der Waals surface area contributed by atoms with Gasteiger partial charge in [0.2, 0.25) is 5.82 Å². The Labute approximate surface area is 105 Å². The zero-order chi connectivity index (χ0) is 12.5. The Bertz CT molecular complexity index is 546. The van der Waals surface area contributed by atoms with Crippen LogP contribution >= 0.6 is 0 Å². The number of hydrogen-bond acceptors (Lipinski definition) is 4. The lowest BCUT2D eigenvalue weighted by atomic mass is 10.0. The molecule has 0 aromatic carbocycles. The lowest BCUT2D eigenvalue weighted by Crippen LogP contribution is -2.39. The van der Waals surface area contributed by atoms with Gasteiger partial charge in [0.1, 0.15) is 0 Å². The number of likely N-dealkylation sites (tertiary alicyclic amines) is 1. The van der Waals surface area contributed by atoms with E-state index in [0.29, 0.717) is 11.7 Å². The van der Waals surface area contributed by atoms with Crippen LogP contribution in [-0.2, 0) is 0 Å². The standard InChI is InChI=1S/C12H15N5O/c1-9-4-2-6-16(8-9)11(18)10-14-12-13-5-3-7-17(12)15-10/h3,5,7,9H,2,4,6,8H2,1H3. The predicted molar refractivity (Wildman–Crippen MR) is 65.1 cm³/mol. The van der Waals surface area contributed by atoms with Gasteiger partial charge in [0.15, 0.2) is 0 Å². The van der Waals surface area contributed by atoms with E-state index < -0.39 is 0 Å². The molecule has 1 aliphatic rings. The molecule has 6 heteroatoms. The molecule has 0 aliphatic carbocycles. The Hall–Kier alpha value is -1.98. The summed E-state index contributed by atoms with van der Waals surface area (Å²) >= 11 is 0. The molecule has 2 aromatic heterocycles. The molecule has 0 saturated carbocycles. The van der Waals surface area contributed by atoms with E-state index in [1.165, 1.54) is 10.9 Å². The van der Waals surface area contributed by atoms with Crippen LogP contribution in [0.15, 0.2) is 18.5 Å². The van der Waals surface area contributed by atoms with Crippen LogP contribution in [0.2, 0.25) is 0 Å². The van der Waals surface area contributed by atoms with E-state index in [1.54, 1.807) is 18.5 Å². The SMILES string of the molecule is CC1CCCN(C(=O)c2nc3ncccn3n2)C1. The summed E-state index contributed by atoms with van der Waals surface area (Å²) in [7, 11) is 0. The average Bonchev–Trinajstić information content (AvgIpc) is 2.81. The third kappa shape index (κ3) is 1.94. The summed E-state index contributed by atoms with van der Waals surface area (Å²) in [4.78, 5) is 22.3. The fraction of sp³-hybridized carbons (Fsp3) is 0.500. The predicted octanol–water partition coefficient (Wildman–Crippen LogP) is 0.996. The maximum Gasteiger partial charge on any atom is 0.293 e. The number of nitrogens with zero attached hydrogens (tertiary/aromatic N) is 5. The minimum Gasteiger partial charge on any atom is -0.336 e. The van der Waals surface area contributed by atoms with Crippen LogP contribution < -0.4 is 0 Å². The van der Waals surface area contributed by atoms with E-state index in [9.17, 15) is 4.79 Å². The molecule has 0 spiro atoms. The lowest BCUT2D eigenvalue weighted by Gasteiger charge is -2.29. The van der Waals surface area contributed by atoms with Crippen LogP contribution in [0.5, 0.6) is 0 Å². The van der Waals surface area contributed by atoms with E-state index in [0.717, 1.165) is 19.5 Å². The molecule has 0 N–H and O–H groups in total. The molecule has 1 unspecified atom stereocenters. The first kappa shape index (κ1) is 11.1. The molecule has 1 saturated heterocycles. The zero-order valence-corrected chi connectivity index (χ0v) is 10.3. The summed E-state index contributed by atoms with van der Waals surface area (Å²) in [5.74, 6) is 1.17. The largest absolute Gasteiger partial charge is 0.336 e. The van der Waals surface area contributed by atoms with Crippen molar-refractivity contribution in [2.75, 3.05) is 13.1 Å². The van der Waals surface area contributed by atoms with Crippen LogP contribution in [0.1, 0.15) is 30.4 Å². The number of aromatic nitrogens is 4. The second-order valence-electron chi connectivity index (χ2n) is 4.80. The van der Waals surface area contributed by atoms with Gasteiger partial charge in [0, 0.05) is 25.5 Å². The number of hydrogen-bond donors (Lipinski definition) is 0. The third-order valence-corrected chi connectivity index (χ3v) is 3.25. The molecule has 18 heavy (non-hydrogen) atoms. The summed E-state index contributed by atoms with van der Waals surface area (Å²) < 4.78 is 1.53. The minimum absolute atomic E-state index is 0.0907. The highest BCUT2D eigenvalue weighted by Gasteiger charge is 2.25. The number of rotatable bonds is 1. The Kier molecular flexibility index (Phi) is 2.70. The van der Waals surface area contributed by atoms with Crippen molar-refractivity contribution in [3.63, 3.8) is 0 Å². The summed E-state index contributed by atoms with van der Waals surface area (Å²) in [5.41, 5.74) is 0. The fourth-order valence-corrected chi connectivity index (χ4v) is 2.34. The zero-order valence-electron chi connectivity index (χ0n) is 10.3. The summed E-state index contributed by atoms with van der Waals surface area (Å²) in [6.07, 6.45) is 5.62. The topological polar surface area (TPSA) is 63.4 Å². The van der Waals surface area contributed by atoms with Gasteiger partial charge >= 0.3 is 0 Å². The van der Waals surface area contributed by atoms with Crippen LogP contribution in [0.25, 0.3) is 5.78 Å². The van der Waals surface area contributed by atoms with E-state index in [1.807, 2.05) is 4.90 Å². The molecule has 1 fully saturated rings. The normalized spacial score (nSPS) is 20.3. The smallest absolute Gasteiger partial charge is 0.293 e. The van der Waals surface area contributed by atoms with Crippen LogP contribution in [0.3, 0.4) is 0 Å². The number of fused-ring (bicyclic) bond motifs is 1. The summed E-state index contributed by atoms with van der Waals surface area (Å²) in [6.45, 7) is 3.76. The van der Waals surface area contributed by atoms with Crippen LogP contribution in [0, 0.1) is 5.92 Å². The second-order valence-corrected chi connectivity index (χ2v) is 4.80. The Morgan fingerprint density at radius 2 is 2.39 bits per heavy atom. The molecule has 94 valence electrons. The van der Waals surface area contributed by atoms with Gasteiger partial charge in [0.05, 0.1) is 0 Å². The van der Waals surface area contributed by atoms with E-state index in [4.69, 9.17) is 0 Å². The van der Waals surface area contributed by atoms with Crippen molar-refractivity contribution < 1.29 is 4.79 Å².